The van der Waals surface area contributed by atoms with Gasteiger partial charge in [0.25, 0.3) is 5.56 Å². The number of nitrogen functional groups attached to an aromatic ring is 1. The molecular formula is C23H32N6O2. The van der Waals surface area contributed by atoms with E-state index in [4.69, 9.17) is 5.73 Å². The largest absolute Gasteiger partial charge is 0.394 e. The lowest BCUT2D eigenvalue weighted by molar-refractivity contribution is 0.212. The molecule has 0 aliphatic heterocycles. The molecule has 2 heterocycles. The van der Waals surface area contributed by atoms with E-state index < -0.39 is 5.54 Å². The number of nitrogens with one attached hydrogen (secondary N) is 2. The second-order valence-electron chi connectivity index (χ2n) is 8.55. The Morgan fingerprint density at radius 2 is 2.03 bits per heavy atom. The van der Waals surface area contributed by atoms with Gasteiger partial charge in [0.15, 0.2) is 0 Å². The Balaban J connectivity index is 2.08. The minimum Gasteiger partial charge on any atom is -0.394 e. The summed E-state index contributed by atoms with van der Waals surface area (Å²) in [6.07, 6.45) is 4.50. The third-order valence-electron chi connectivity index (χ3n) is 5.41. The van der Waals surface area contributed by atoms with Crippen LogP contribution in [-0.2, 0) is 6.54 Å². The van der Waals surface area contributed by atoms with Gasteiger partial charge in [0, 0.05) is 23.7 Å². The van der Waals surface area contributed by atoms with Crippen LogP contribution in [0.5, 0.6) is 0 Å². The molecule has 3 aromatic rings. The number of unbranched alkanes of at least 4 members (excludes halogenated alkanes) is 1. The molecule has 0 unspecified atom stereocenters. The first-order chi connectivity index (χ1) is 14.8. The zero-order valence-electron chi connectivity index (χ0n) is 18.7. The number of aliphatic hydroxyl groups excluding tert-OH is 1. The number of aromatic amines is 1. The van der Waals surface area contributed by atoms with E-state index in [-0.39, 0.29) is 18.1 Å². The molecule has 166 valence electrons. The number of H-pyrrole nitrogens is 1. The molecule has 1 aromatic carbocycles. The van der Waals surface area contributed by atoms with Crippen molar-refractivity contribution in [3.63, 3.8) is 0 Å². The van der Waals surface area contributed by atoms with Crippen LogP contribution in [0.3, 0.4) is 0 Å². The molecule has 8 heteroatoms. The molecule has 0 fully saturated rings. The summed E-state index contributed by atoms with van der Waals surface area (Å²) < 4.78 is 0. The van der Waals surface area contributed by atoms with Crippen molar-refractivity contribution in [3.8, 4) is 11.1 Å². The van der Waals surface area contributed by atoms with E-state index in [1.165, 1.54) is 0 Å². The van der Waals surface area contributed by atoms with Crippen molar-refractivity contribution in [1.29, 1.82) is 0 Å². The Bertz CT molecular complexity index is 1110. The standard InChI is InChI=1S/C23H32N6O2/c1-5-6-10-23(2,14-30)28-20-17-8-7-15(12-19(17)26-22(24)27-20)16-9-11-25-21(31)18(16)13-29(3)4/h7-9,11-12,30H,5-6,10,13-14H2,1-4H3,(H,25,31)(H3,24,26,27,28)/t23-/m1/s1. The first-order valence-corrected chi connectivity index (χ1v) is 10.6. The molecule has 2 aromatic heterocycles. The highest BCUT2D eigenvalue weighted by Gasteiger charge is 2.24. The van der Waals surface area contributed by atoms with Crippen LogP contribution in [0.4, 0.5) is 11.8 Å². The monoisotopic (exact) mass is 424 g/mol. The molecule has 0 bridgehead atoms. The highest BCUT2D eigenvalue weighted by molar-refractivity contribution is 5.93. The van der Waals surface area contributed by atoms with E-state index in [0.717, 1.165) is 35.8 Å². The fourth-order valence-corrected chi connectivity index (χ4v) is 3.70. The van der Waals surface area contributed by atoms with Crippen LogP contribution < -0.4 is 16.6 Å². The third kappa shape index (κ3) is 5.21. The summed E-state index contributed by atoms with van der Waals surface area (Å²) in [5.41, 5.74) is 8.51. The molecule has 5 N–H and O–H groups in total. The van der Waals surface area contributed by atoms with Gasteiger partial charge in [0.2, 0.25) is 5.95 Å². The van der Waals surface area contributed by atoms with Crippen LogP contribution in [-0.4, -0.2) is 51.2 Å². The maximum Gasteiger partial charge on any atom is 0.253 e. The zero-order valence-corrected chi connectivity index (χ0v) is 18.7. The van der Waals surface area contributed by atoms with Crippen LogP contribution >= 0.6 is 0 Å². The van der Waals surface area contributed by atoms with Crippen LogP contribution in [0.15, 0.2) is 35.3 Å². The van der Waals surface area contributed by atoms with Crippen LogP contribution in [0.1, 0.15) is 38.7 Å². The summed E-state index contributed by atoms with van der Waals surface area (Å²) in [4.78, 5) is 26.0. The molecule has 8 nitrogen and oxygen atoms in total. The topological polar surface area (TPSA) is 120 Å². The van der Waals surface area contributed by atoms with Crippen LogP contribution in [0.2, 0.25) is 0 Å². The van der Waals surface area contributed by atoms with Crippen molar-refractivity contribution in [3.05, 3.63) is 46.4 Å². The van der Waals surface area contributed by atoms with E-state index in [1.54, 1.807) is 6.20 Å². The van der Waals surface area contributed by atoms with E-state index in [0.29, 0.717) is 23.4 Å². The fourth-order valence-electron chi connectivity index (χ4n) is 3.70. The van der Waals surface area contributed by atoms with Crippen LogP contribution in [0.25, 0.3) is 22.0 Å². The van der Waals surface area contributed by atoms with Gasteiger partial charge in [-0.15, -0.1) is 0 Å². The average molecular weight is 425 g/mol. The Hall–Kier alpha value is -2.97. The van der Waals surface area contributed by atoms with E-state index >= 15 is 0 Å². The number of aliphatic hydroxyl groups is 1. The first-order valence-electron chi connectivity index (χ1n) is 10.6. The molecule has 0 radical (unpaired) electrons. The second-order valence-corrected chi connectivity index (χ2v) is 8.55. The lowest BCUT2D eigenvalue weighted by Gasteiger charge is -2.30. The summed E-state index contributed by atoms with van der Waals surface area (Å²) in [5, 5.41) is 14.2. The van der Waals surface area contributed by atoms with Crippen LogP contribution in [0, 0.1) is 0 Å². The normalized spacial score (nSPS) is 13.5. The number of aromatic nitrogens is 3. The van der Waals surface area contributed by atoms with Gasteiger partial charge in [0.05, 0.1) is 17.7 Å². The Morgan fingerprint density at radius 1 is 1.26 bits per heavy atom. The van der Waals surface area contributed by atoms with Gasteiger partial charge >= 0.3 is 0 Å². The number of benzene rings is 1. The molecule has 1 atom stereocenters. The molecule has 0 saturated carbocycles. The van der Waals surface area contributed by atoms with Crippen molar-refractivity contribution in [2.24, 2.45) is 0 Å². The Labute approximate surface area is 182 Å². The minimum absolute atomic E-state index is 0.0167. The van der Waals surface area contributed by atoms with Crippen molar-refractivity contribution in [1.82, 2.24) is 19.9 Å². The molecule has 0 spiro atoms. The van der Waals surface area contributed by atoms with Gasteiger partial charge in [-0.3, -0.25) is 4.79 Å². The summed E-state index contributed by atoms with van der Waals surface area (Å²) in [5.74, 6) is 0.753. The maximum atomic E-state index is 12.4. The lowest BCUT2D eigenvalue weighted by atomic mass is 9.95. The van der Waals surface area contributed by atoms with E-state index in [9.17, 15) is 9.90 Å². The second kappa shape index (κ2) is 9.45. The molecule has 0 aliphatic carbocycles. The van der Waals surface area contributed by atoms with Crippen molar-refractivity contribution in [2.75, 3.05) is 31.8 Å². The highest BCUT2D eigenvalue weighted by atomic mass is 16.3. The highest BCUT2D eigenvalue weighted by Crippen LogP contribution is 2.30. The number of fused-ring (bicyclic) bond motifs is 1. The van der Waals surface area contributed by atoms with E-state index in [2.05, 4.69) is 27.2 Å². The quantitative estimate of drug-likeness (QED) is 0.417. The third-order valence-corrected chi connectivity index (χ3v) is 5.41. The number of rotatable bonds is 9. The summed E-state index contributed by atoms with van der Waals surface area (Å²) >= 11 is 0. The van der Waals surface area contributed by atoms with Gasteiger partial charge in [-0.05, 0) is 56.8 Å². The number of anilines is 2. The van der Waals surface area contributed by atoms with Crippen molar-refractivity contribution >= 4 is 22.7 Å². The number of hydrogen-bond donors (Lipinski definition) is 4. The average Bonchev–Trinajstić information content (AvgIpc) is 2.73. The molecule has 31 heavy (non-hydrogen) atoms. The number of pyridine rings is 1. The lowest BCUT2D eigenvalue weighted by Crippen LogP contribution is -2.39. The van der Waals surface area contributed by atoms with Crippen molar-refractivity contribution < 1.29 is 5.11 Å². The molecule has 3 rings (SSSR count). The summed E-state index contributed by atoms with van der Waals surface area (Å²) in [6, 6.07) is 7.72. The minimum atomic E-state index is -0.506. The number of nitrogens with two attached hydrogens (primary N) is 1. The molecular weight excluding hydrogens is 392 g/mol. The summed E-state index contributed by atoms with van der Waals surface area (Å²) in [7, 11) is 3.86. The molecule has 0 saturated heterocycles. The number of nitrogens with zero attached hydrogens (tertiary/aromatic N) is 3. The van der Waals surface area contributed by atoms with Gasteiger partial charge in [-0.2, -0.15) is 4.98 Å². The fraction of sp³-hybridized carbons (Fsp3) is 0.435. The number of hydrogen-bond acceptors (Lipinski definition) is 7. The van der Waals surface area contributed by atoms with Gasteiger partial charge in [-0.1, -0.05) is 25.8 Å². The SMILES string of the molecule is CCCC[C@](C)(CO)Nc1nc(N)nc2cc(-c3cc[nH]c(=O)c3CN(C)C)ccc12. The molecule has 0 aliphatic rings. The zero-order chi connectivity index (χ0) is 22.6. The smallest absolute Gasteiger partial charge is 0.253 e. The maximum absolute atomic E-state index is 12.4. The van der Waals surface area contributed by atoms with Gasteiger partial charge < -0.3 is 26.0 Å². The Kier molecular flexibility index (Phi) is 6.92. The van der Waals surface area contributed by atoms with Gasteiger partial charge in [-0.25, -0.2) is 4.98 Å². The predicted octanol–water partition coefficient (Wildman–Crippen LogP) is 2.98. The Morgan fingerprint density at radius 3 is 2.71 bits per heavy atom. The van der Waals surface area contributed by atoms with E-state index in [1.807, 2.05) is 50.2 Å². The molecule has 0 amide bonds. The first kappa shape index (κ1) is 22.7. The van der Waals surface area contributed by atoms with Crippen molar-refractivity contribution in [2.45, 2.75) is 45.2 Å². The van der Waals surface area contributed by atoms with Gasteiger partial charge in [0.1, 0.15) is 5.82 Å². The summed E-state index contributed by atoms with van der Waals surface area (Å²) in [6.45, 7) is 4.60. The predicted molar refractivity (Wildman–Crippen MR) is 126 cm³/mol.